The molecule has 3 nitrogen and oxygen atoms in total. The Morgan fingerprint density at radius 1 is 0.895 bits per heavy atom. The predicted molar refractivity (Wildman–Crippen MR) is 72.4 cm³/mol. The van der Waals surface area contributed by atoms with E-state index in [1.165, 1.54) is 0 Å². The monoisotopic (exact) mass is 251 g/mol. The van der Waals surface area contributed by atoms with Crippen molar-refractivity contribution in [3.8, 4) is 11.3 Å². The van der Waals surface area contributed by atoms with Crippen LogP contribution in [0.15, 0.2) is 71.3 Å². The van der Waals surface area contributed by atoms with Gasteiger partial charge in [0.1, 0.15) is 0 Å². The molecule has 2 aromatic carbocycles. The van der Waals surface area contributed by atoms with E-state index in [0.717, 1.165) is 11.1 Å². The number of hydrogen-bond donors (Lipinski definition) is 1. The molecule has 0 spiro atoms. The zero-order chi connectivity index (χ0) is 13.1. The molecule has 1 aromatic heterocycles. The summed E-state index contributed by atoms with van der Waals surface area (Å²) in [6.07, 6.45) is 0.801. The quantitative estimate of drug-likeness (QED) is 0.775. The Bertz CT molecular complexity index is 647. The molecule has 1 unspecified atom stereocenters. The first kappa shape index (κ1) is 11.7. The van der Waals surface area contributed by atoms with Gasteiger partial charge in [-0.15, -0.1) is 0 Å². The van der Waals surface area contributed by atoms with E-state index in [1.54, 1.807) is 6.20 Å². The zero-order valence-electron chi connectivity index (χ0n) is 10.2. The van der Waals surface area contributed by atoms with Gasteiger partial charge in [0.15, 0.2) is 11.9 Å². The number of benzene rings is 2. The summed E-state index contributed by atoms with van der Waals surface area (Å²) in [6.45, 7) is 0. The highest BCUT2D eigenvalue weighted by molar-refractivity contribution is 5.55. The predicted octanol–water partition coefficient (Wildman–Crippen LogP) is 3.42. The Balaban J connectivity index is 1.90. The van der Waals surface area contributed by atoms with Crippen LogP contribution in [0.25, 0.3) is 11.3 Å². The molecule has 94 valence electrons. The minimum absolute atomic E-state index is 0.310. The molecule has 0 aliphatic carbocycles. The van der Waals surface area contributed by atoms with Gasteiger partial charge < -0.3 is 9.52 Å². The van der Waals surface area contributed by atoms with Gasteiger partial charge in [-0.1, -0.05) is 60.7 Å². The van der Waals surface area contributed by atoms with Crippen LogP contribution in [0.3, 0.4) is 0 Å². The molecule has 3 aromatic rings. The van der Waals surface area contributed by atoms with Crippen molar-refractivity contribution >= 4 is 0 Å². The van der Waals surface area contributed by atoms with Crippen molar-refractivity contribution < 1.29 is 9.52 Å². The zero-order valence-corrected chi connectivity index (χ0v) is 10.2. The average Bonchev–Trinajstić information content (AvgIpc) is 2.98. The van der Waals surface area contributed by atoms with Crippen LogP contribution in [-0.2, 0) is 0 Å². The topological polar surface area (TPSA) is 46.3 Å². The summed E-state index contributed by atoms with van der Waals surface area (Å²) in [5.41, 5.74) is 1.71. The summed E-state index contributed by atoms with van der Waals surface area (Å²) in [5.74, 6) is 0.968. The van der Waals surface area contributed by atoms with Crippen molar-refractivity contribution in [1.29, 1.82) is 0 Å². The Labute approximate surface area is 111 Å². The van der Waals surface area contributed by atoms with Crippen LogP contribution in [0.2, 0.25) is 0 Å². The molecule has 3 rings (SSSR count). The number of aliphatic hydroxyl groups is 1. The van der Waals surface area contributed by atoms with Gasteiger partial charge in [0, 0.05) is 5.56 Å². The first-order chi connectivity index (χ1) is 9.34. The smallest absolute Gasteiger partial charge is 0.228 e. The minimum atomic E-state index is -0.835. The summed E-state index contributed by atoms with van der Waals surface area (Å²) in [5, 5.41) is 10.2. The highest BCUT2D eigenvalue weighted by atomic mass is 16.4. The molecule has 0 aliphatic heterocycles. The number of aromatic nitrogens is 1. The average molecular weight is 251 g/mol. The molecule has 1 atom stereocenters. The second-order valence-electron chi connectivity index (χ2n) is 4.24. The number of rotatable bonds is 3. The fourth-order valence-electron chi connectivity index (χ4n) is 1.93. The molecule has 1 N–H and O–H groups in total. The third-order valence-electron chi connectivity index (χ3n) is 2.93. The van der Waals surface area contributed by atoms with Gasteiger partial charge in [-0.25, -0.2) is 4.98 Å². The van der Waals surface area contributed by atoms with Crippen LogP contribution in [0.5, 0.6) is 0 Å². The minimum Gasteiger partial charge on any atom is -0.437 e. The van der Waals surface area contributed by atoms with Crippen molar-refractivity contribution in [2.24, 2.45) is 0 Å². The summed E-state index contributed by atoms with van der Waals surface area (Å²) < 4.78 is 5.62. The largest absolute Gasteiger partial charge is 0.437 e. The van der Waals surface area contributed by atoms with Crippen molar-refractivity contribution in [3.63, 3.8) is 0 Å². The van der Waals surface area contributed by atoms with E-state index in [4.69, 9.17) is 4.42 Å². The Kier molecular flexibility index (Phi) is 3.12. The summed E-state index contributed by atoms with van der Waals surface area (Å²) >= 11 is 0. The molecule has 1 heterocycles. The number of oxazole rings is 1. The fourth-order valence-corrected chi connectivity index (χ4v) is 1.93. The van der Waals surface area contributed by atoms with Gasteiger partial charge in [-0.3, -0.25) is 0 Å². The molecule has 0 radical (unpaired) electrons. The van der Waals surface area contributed by atoms with Gasteiger partial charge in [0.25, 0.3) is 0 Å². The summed E-state index contributed by atoms with van der Waals surface area (Å²) in [7, 11) is 0. The first-order valence-corrected chi connectivity index (χ1v) is 6.09. The van der Waals surface area contributed by atoms with Crippen molar-refractivity contribution in [3.05, 3.63) is 78.3 Å². The maximum Gasteiger partial charge on any atom is 0.228 e. The molecule has 0 amide bonds. The molecule has 19 heavy (non-hydrogen) atoms. The lowest BCUT2D eigenvalue weighted by molar-refractivity contribution is 0.184. The van der Waals surface area contributed by atoms with Crippen LogP contribution in [0.4, 0.5) is 0 Å². The van der Waals surface area contributed by atoms with Crippen LogP contribution < -0.4 is 0 Å². The second-order valence-corrected chi connectivity index (χ2v) is 4.24. The summed E-state index contributed by atoms with van der Waals surface area (Å²) in [6, 6.07) is 19.0. The number of aliphatic hydroxyl groups excluding tert-OH is 1. The molecular weight excluding hydrogens is 238 g/mol. The van der Waals surface area contributed by atoms with Gasteiger partial charge in [0.2, 0.25) is 5.89 Å². The van der Waals surface area contributed by atoms with Crippen molar-refractivity contribution in [1.82, 2.24) is 4.98 Å². The first-order valence-electron chi connectivity index (χ1n) is 6.09. The third kappa shape index (κ3) is 2.41. The maximum absolute atomic E-state index is 10.2. The van der Waals surface area contributed by atoms with E-state index in [-0.39, 0.29) is 0 Å². The SMILES string of the molecule is OC(c1ccccc1)c1ncc(-c2ccccc2)o1. The van der Waals surface area contributed by atoms with Crippen LogP contribution in [0, 0.1) is 0 Å². The molecule has 0 bridgehead atoms. The van der Waals surface area contributed by atoms with Gasteiger partial charge in [-0.2, -0.15) is 0 Å². The molecule has 0 fully saturated rings. The Morgan fingerprint density at radius 2 is 1.53 bits per heavy atom. The van der Waals surface area contributed by atoms with E-state index >= 15 is 0 Å². The van der Waals surface area contributed by atoms with Gasteiger partial charge in [-0.05, 0) is 5.56 Å². The van der Waals surface area contributed by atoms with Crippen LogP contribution >= 0.6 is 0 Å². The standard InChI is InChI=1S/C16H13NO2/c18-15(13-9-5-2-6-10-13)16-17-11-14(19-16)12-7-3-1-4-8-12/h1-11,15,18H. The lowest BCUT2D eigenvalue weighted by atomic mass is 10.1. The molecule has 3 heteroatoms. The molecule has 0 saturated carbocycles. The lowest BCUT2D eigenvalue weighted by Crippen LogP contribution is -1.98. The summed E-state index contributed by atoms with van der Waals surface area (Å²) in [4.78, 5) is 4.15. The lowest BCUT2D eigenvalue weighted by Gasteiger charge is -2.06. The van der Waals surface area contributed by atoms with E-state index in [0.29, 0.717) is 11.7 Å². The van der Waals surface area contributed by atoms with E-state index in [1.807, 2.05) is 60.7 Å². The highest BCUT2D eigenvalue weighted by Gasteiger charge is 2.16. The molecule has 0 aliphatic rings. The Hall–Kier alpha value is -2.39. The van der Waals surface area contributed by atoms with Gasteiger partial charge in [0.05, 0.1) is 6.20 Å². The fraction of sp³-hybridized carbons (Fsp3) is 0.0625. The third-order valence-corrected chi connectivity index (χ3v) is 2.93. The van der Waals surface area contributed by atoms with E-state index < -0.39 is 6.10 Å². The van der Waals surface area contributed by atoms with Gasteiger partial charge >= 0.3 is 0 Å². The van der Waals surface area contributed by atoms with Crippen LogP contribution in [-0.4, -0.2) is 10.1 Å². The molecular formula is C16H13NO2. The second kappa shape index (κ2) is 5.08. The van der Waals surface area contributed by atoms with E-state index in [2.05, 4.69) is 4.98 Å². The van der Waals surface area contributed by atoms with E-state index in [9.17, 15) is 5.11 Å². The normalized spacial score (nSPS) is 12.3. The number of nitrogens with zero attached hydrogens (tertiary/aromatic N) is 1. The Morgan fingerprint density at radius 3 is 2.21 bits per heavy atom. The maximum atomic E-state index is 10.2. The van der Waals surface area contributed by atoms with Crippen molar-refractivity contribution in [2.75, 3.05) is 0 Å². The highest BCUT2D eigenvalue weighted by Crippen LogP contribution is 2.26. The van der Waals surface area contributed by atoms with Crippen LogP contribution in [0.1, 0.15) is 17.6 Å². The molecule has 0 saturated heterocycles. The van der Waals surface area contributed by atoms with Crippen molar-refractivity contribution in [2.45, 2.75) is 6.10 Å². The number of hydrogen-bond acceptors (Lipinski definition) is 3.